The summed E-state index contributed by atoms with van der Waals surface area (Å²) in [6, 6.07) is 0. The van der Waals surface area contributed by atoms with Gasteiger partial charge in [-0.15, -0.1) is 0 Å². The average molecular weight is 168 g/mol. The Labute approximate surface area is 83.3 Å². The van der Waals surface area contributed by atoms with Gasteiger partial charge >= 0.3 is 66.8 Å². The van der Waals surface area contributed by atoms with Crippen molar-refractivity contribution in [2.75, 3.05) is 0 Å². The van der Waals surface area contributed by atoms with E-state index in [1.165, 1.54) is 0 Å². The van der Waals surface area contributed by atoms with Crippen LogP contribution in [0.15, 0.2) is 0 Å². The van der Waals surface area contributed by atoms with Crippen molar-refractivity contribution in [3.63, 3.8) is 0 Å². The SMILES string of the molecule is O=C(O)[CH][Fe].[AlH3].[NaH]. The maximum atomic E-state index is 9.25. The van der Waals surface area contributed by atoms with Gasteiger partial charge in [0.05, 0.1) is 0 Å². The molecule has 5 heteroatoms. The third-order valence-electron chi connectivity index (χ3n) is 0.0873. The number of aliphatic carboxylic acids is 1. The molecule has 0 saturated carbocycles. The van der Waals surface area contributed by atoms with E-state index in [2.05, 4.69) is 16.0 Å². The monoisotopic (exact) mass is 168 g/mol. The normalized spacial score (nSPS) is 5.29. The molecule has 1 radical (unpaired) electrons. The summed E-state index contributed by atoms with van der Waals surface area (Å²) in [5, 5.41) is 8.44. The zero-order chi connectivity index (χ0) is 4.28. The molecule has 0 rings (SSSR count). The molecule has 0 aliphatic rings. The van der Waals surface area contributed by atoms with Crippen molar-refractivity contribution in [2.45, 2.75) is 0 Å². The van der Waals surface area contributed by atoms with Crippen molar-refractivity contribution in [1.82, 2.24) is 0 Å². The van der Waals surface area contributed by atoms with Crippen molar-refractivity contribution < 1.29 is 25.9 Å². The average Bonchev–Trinajstić information content (AvgIpc) is 1.38. The van der Waals surface area contributed by atoms with Crippen molar-refractivity contribution >= 4 is 52.9 Å². The van der Waals surface area contributed by atoms with E-state index in [0.29, 0.717) is 0 Å². The third-order valence-corrected chi connectivity index (χ3v) is 0.360. The molecule has 0 unspecified atom stereocenters. The van der Waals surface area contributed by atoms with E-state index in [0.717, 1.165) is 5.32 Å². The number of carbonyl (C=O) groups is 1. The van der Waals surface area contributed by atoms with Gasteiger partial charge in [-0.05, 0) is 0 Å². The van der Waals surface area contributed by atoms with Crippen LogP contribution in [0, 0.1) is 5.32 Å². The van der Waals surface area contributed by atoms with Gasteiger partial charge in [0.1, 0.15) is 0 Å². The summed E-state index contributed by atoms with van der Waals surface area (Å²) in [6.45, 7) is 0. The van der Waals surface area contributed by atoms with E-state index in [-0.39, 0.29) is 46.9 Å². The topological polar surface area (TPSA) is 37.3 Å². The second kappa shape index (κ2) is 10.5. The first kappa shape index (κ1) is 15.8. The number of rotatable bonds is 1. The zero-order valence-corrected chi connectivity index (χ0v) is 3.39. The summed E-state index contributed by atoms with van der Waals surface area (Å²) >= 11 is 2.96. The van der Waals surface area contributed by atoms with Crippen molar-refractivity contribution in [3.05, 3.63) is 5.32 Å². The standard InChI is InChI=1S/C2H2O2.Al.Fe.Na.4H/c1-2(3)4;;;;;;;/h1H,(H,3,4);;;;;;;. The Morgan fingerprint density at radius 3 is 1.86 bits per heavy atom. The summed E-state index contributed by atoms with van der Waals surface area (Å²) < 4.78 is 0. The number of hydrogen-bond donors (Lipinski definition) is 1. The molecule has 0 bridgehead atoms. The molecule has 0 heterocycles. The second-order valence-electron chi connectivity index (χ2n) is 0.440. The molecular formula is C2H6AlFeNaO2. The fourth-order valence-electron chi connectivity index (χ4n) is 0. The molecular weight excluding hydrogens is 162 g/mol. The fraction of sp³-hybridized carbons (Fsp3) is 0. The van der Waals surface area contributed by atoms with Gasteiger partial charge in [0, 0.05) is 0 Å². The van der Waals surface area contributed by atoms with Gasteiger partial charge in [-0.25, -0.2) is 0 Å². The van der Waals surface area contributed by atoms with Gasteiger partial charge in [-0.1, -0.05) is 0 Å². The van der Waals surface area contributed by atoms with Crippen LogP contribution in [0.3, 0.4) is 0 Å². The van der Waals surface area contributed by atoms with Crippen LogP contribution in [0.25, 0.3) is 0 Å². The Bertz CT molecular complexity index is 51.0. The third kappa shape index (κ3) is 18.5. The van der Waals surface area contributed by atoms with Gasteiger partial charge < -0.3 is 0 Å². The van der Waals surface area contributed by atoms with Crippen LogP contribution in [-0.2, 0) is 20.8 Å². The predicted octanol–water partition coefficient (Wildman–Crippen LogP) is -2.05. The molecule has 0 fully saturated rings. The first-order chi connectivity index (χ1) is 2.27. The van der Waals surface area contributed by atoms with Crippen LogP contribution in [0.1, 0.15) is 0 Å². The molecule has 0 aromatic carbocycles. The molecule has 0 aliphatic carbocycles. The van der Waals surface area contributed by atoms with E-state index in [4.69, 9.17) is 5.11 Å². The number of carboxylic acid groups (broad SMARTS) is 1. The molecule has 0 aromatic heterocycles. The molecule has 0 aromatic rings. The van der Waals surface area contributed by atoms with Crippen LogP contribution >= 0.6 is 0 Å². The van der Waals surface area contributed by atoms with E-state index < -0.39 is 5.97 Å². The summed E-state index contributed by atoms with van der Waals surface area (Å²) in [4.78, 5) is 9.25. The zero-order valence-electron chi connectivity index (χ0n) is 2.29. The number of carboxylic acids is 1. The van der Waals surface area contributed by atoms with Crippen molar-refractivity contribution in [1.29, 1.82) is 0 Å². The van der Waals surface area contributed by atoms with E-state index >= 15 is 0 Å². The summed E-state index contributed by atoms with van der Waals surface area (Å²) in [5.74, 6) is -0.981. The molecule has 38 valence electrons. The van der Waals surface area contributed by atoms with Crippen LogP contribution in [-0.4, -0.2) is 58.0 Å². The molecule has 0 saturated heterocycles. The van der Waals surface area contributed by atoms with Crippen LogP contribution in [0.4, 0.5) is 0 Å². The first-order valence-corrected chi connectivity index (χ1v) is 1.56. The maximum absolute atomic E-state index is 9.25. The molecule has 0 atom stereocenters. The van der Waals surface area contributed by atoms with E-state index in [1.807, 2.05) is 0 Å². The minimum absolute atomic E-state index is 0. The fourth-order valence-corrected chi connectivity index (χ4v) is 0. The molecule has 7 heavy (non-hydrogen) atoms. The number of hydrogen-bond acceptors (Lipinski definition) is 1. The van der Waals surface area contributed by atoms with Gasteiger partial charge in [0.2, 0.25) is 0 Å². The Hall–Kier alpha value is 1.52. The van der Waals surface area contributed by atoms with E-state index in [9.17, 15) is 4.79 Å². The quantitative estimate of drug-likeness (QED) is 0.457. The Morgan fingerprint density at radius 2 is 1.86 bits per heavy atom. The predicted molar refractivity (Wildman–Crippen MR) is 29.0 cm³/mol. The van der Waals surface area contributed by atoms with Gasteiger partial charge in [-0.2, -0.15) is 0 Å². The molecule has 0 aliphatic heterocycles. The van der Waals surface area contributed by atoms with Crippen LogP contribution in [0.2, 0.25) is 0 Å². The van der Waals surface area contributed by atoms with Gasteiger partial charge in [-0.3, -0.25) is 0 Å². The molecule has 1 N–H and O–H groups in total. The van der Waals surface area contributed by atoms with Gasteiger partial charge in [0.15, 0.2) is 17.4 Å². The van der Waals surface area contributed by atoms with Crippen molar-refractivity contribution in [2.24, 2.45) is 0 Å². The Morgan fingerprint density at radius 1 is 1.71 bits per heavy atom. The summed E-state index contributed by atoms with van der Waals surface area (Å²) in [6.07, 6.45) is 0. The molecule has 0 spiro atoms. The van der Waals surface area contributed by atoms with Crippen LogP contribution in [0.5, 0.6) is 0 Å². The summed E-state index contributed by atoms with van der Waals surface area (Å²) in [5.41, 5.74) is 0. The Balaban J connectivity index is -0.0000000800. The molecule has 0 amide bonds. The van der Waals surface area contributed by atoms with Crippen LogP contribution < -0.4 is 0 Å². The summed E-state index contributed by atoms with van der Waals surface area (Å²) in [7, 11) is 0. The first-order valence-electron chi connectivity index (χ1n) is 0.921. The second-order valence-corrected chi connectivity index (χ2v) is 0.759. The van der Waals surface area contributed by atoms with Crippen molar-refractivity contribution in [3.8, 4) is 0 Å². The van der Waals surface area contributed by atoms with E-state index in [1.54, 1.807) is 0 Å². The Kier molecular flexibility index (Phi) is 23.7. The minimum atomic E-state index is -0.981. The van der Waals surface area contributed by atoms with Gasteiger partial charge in [0.25, 0.3) is 0 Å². The molecule has 2 nitrogen and oxygen atoms in total.